The fraction of sp³-hybridized carbons (Fsp3) is 0.343. The molecule has 2 heterocycles. The van der Waals surface area contributed by atoms with E-state index in [1.54, 1.807) is 66.6 Å². The number of ether oxygens (including phenoxy) is 2. The SMILES string of the molecule is COc1cccc(C(=O)NS(=O)(=O)c2ccccc2C)c1C(C(=O)N1CCCC1)c1c[nH]c2ccc(NC(=O)OC3CCCC3)cc12. The first kappa shape index (κ1) is 32.1. The van der Waals surface area contributed by atoms with E-state index in [4.69, 9.17) is 9.47 Å². The van der Waals surface area contributed by atoms with Crippen LogP contribution in [0, 0.1) is 6.92 Å². The zero-order valence-electron chi connectivity index (χ0n) is 26.4. The van der Waals surface area contributed by atoms with Crippen molar-refractivity contribution in [3.8, 4) is 5.75 Å². The summed E-state index contributed by atoms with van der Waals surface area (Å²) in [5.41, 5.74) is 2.45. The molecular weight excluding hydrogens is 620 g/mol. The van der Waals surface area contributed by atoms with Crippen molar-refractivity contribution >= 4 is 44.5 Å². The number of benzene rings is 3. The predicted molar refractivity (Wildman–Crippen MR) is 177 cm³/mol. The fourth-order valence-electron chi connectivity index (χ4n) is 6.60. The number of methoxy groups -OCH3 is 1. The van der Waals surface area contributed by atoms with E-state index in [1.165, 1.54) is 19.2 Å². The predicted octanol–water partition coefficient (Wildman–Crippen LogP) is 5.85. The number of nitrogens with zero attached hydrogens (tertiary/aromatic N) is 1. The lowest BCUT2D eigenvalue weighted by Gasteiger charge is -2.26. The van der Waals surface area contributed by atoms with Gasteiger partial charge in [0.1, 0.15) is 11.9 Å². The monoisotopic (exact) mass is 658 g/mol. The van der Waals surface area contributed by atoms with Gasteiger partial charge in [-0.25, -0.2) is 17.9 Å². The molecule has 2 fully saturated rings. The summed E-state index contributed by atoms with van der Waals surface area (Å²) in [5, 5.41) is 3.46. The Kier molecular flexibility index (Phi) is 9.21. The van der Waals surface area contributed by atoms with Crippen LogP contribution >= 0.6 is 0 Å². The van der Waals surface area contributed by atoms with Gasteiger partial charge in [-0.1, -0.05) is 24.3 Å². The van der Waals surface area contributed by atoms with Gasteiger partial charge in [0.25, 0.3) is 15.9 Å². The number of aryl methyl sites for hydroxylation is 1. The highest BCUT2D eigenvalue weighted by Gasteiger charge is 2.37. The van der Waals surface area contributed by atoms with Crippen molar-refractivity contribution in [2.75, 3.05) is 25.5 Å². The van der Waals surface area contributed by atoms with Gasteiger partial charge in [-0.15, -0.1) is 0 Å². The van der Waals surface area contributed by atoms with Crippen molar-refractivity contribution in [1.82, 2.24) is 14.6 Å². The quantitative estimate of drug-likeness (QED) is 0.205. The standard InChI is InChI=1S/C35H38N4O7S/c1-22-10-3-6-15-30(22)47(43,44)38-33(40)25-13-9-14-29(45-2)31(25)32(34(41)39-18-7-8-19-39)27-21-36-28-17-16-23(20-26(27)28)37-35(42)46-24-11-4-5-12-24/h3,6,9-10,13-17,20-21,24,32,36H,4-5,7-8,11-12,18-19H2,1-2H3,(H,37,42)(H,38,40). The summed E-state index contributed by atoms with van der Waals surface area (Å²) in [6, 6.07) is 16.4. The Morgan fingerprint density at radius 2 is 1.70 bits per heavy atom. The minimum atomic E-state index is -4.24. The number of carbonyl (C=O) groups is 3. The van der Waals surface area contributed by atoms with Gasteiger partial charge in [0.05, 0.1) is 17.9 Å². The maximum Gasteiger partial charge on any atom is 0.411 e. The molecule has 1 aliphatic heterocycles. The molecule has 0 bridgehead atoms. The number of sulfonamides is 1. The van der Waals surface area contributed by atoms with Crippen LogP contribution in [0.2, 0.25) is 0 Å². The van der Waals surface area contributed by atoms with Crippen molar-refractivity contribution < 1.29 is 32.3 Å². The summed E-state index contributed by atoms with van der Waals surface area (Å²) in [5.74, 6) is -1.92. The maximum absolute atomic E-state index is 14.5. The molecule has 4 aromatic rings. The molecule has 0 radical (unpaired) electrons. The van der Waals surface area contributed by atoms with Gasteiger partial charge >= 0.3 is 6.09 Å². The highest BCUT2D eigenvalue weighted by atomic mass is 32.2. The van der Waals surface area contributed by atoms with Gasteiger partial charge in [-0.05, 0) is 93.0 Å². The Balaban J connectivity index is 1.43. The highest BCUT2D eigenvalue weighted by molar-refractivity contribution is 7.90. The van der Waals surface area contributed by atoms with E-state index in [9.17, 15) is 22.8 Å². The van der Waals surface area contributed by atoms with E-state index >= 15 is 0 Å². The van der Waals surface area contributed by atoms with Gasteiger partial charge in [-0.3, -0.25) is 14.9 Å². The molecule has 12 heteroatoms. The number of H-pyrrole nitrogens is 1. The number of carbonyl (C=O) groups excluding carboxylic acids is 3. The van der Waals surface area contributed by atoms with Crippen LogP contribution in [0.15, 0.2) is 71.8 Å². The summed E-state index contributed by atoms with van der Waals surface area (Å²) < 4.78 is 40.3. The Morgan fingerprint density at radius 3 is 2.43 bits per heavy atom. The second-order valence-corrected chi connectivity index (χ2v) is 13.7. The van der Waals surface area contributed by atoms with Gasteiger partial charge in [0, 0.05) is 47.0 Å². The maximum atomic E-state index is 14.5. The number of amides is 3. The minimum Gasteiger partial charge on any atom is -0.496 e. The van der Waals surface area contributed by atoms with Crippen molar-refractivity contribution in [3.63, 3.8) is 0 Å². The molecule has 1 aliphatic carbocycles. The van der Waals surface area contributed by atoms with E-state index in [0.29, 0.717) is 40.8 Å². The van der Waals surface area contributed by atoms with E-state index in [1.807, 2.05) is 0 Å². The molecule has 1 saturated carbocycles. The number of anilines is 1. The van der Waals surface area contributed by atoms with E-state index in [2.05, 4.69) is 15.0 Å². The van der Waals surface area contributed by atoms with Crippen LogP contribution in [-0.4, -0.2) is 62.5 Å². The summed E-state index contributed by atoms with van der Waals surface area (Å²) in [7, 11) is -2.81. The number of hydrogen-bond acceptors (Lipinski definition) is 7. The zero-order chi connectivity index (χ0) is 33.1. The van der Waals surface area contributed by atoms with E-state index < -0.39 is 27.9 Å². The molecule has 246 valence electrons. The largest absolute Gasteiger partial charge is 0.496 e. The Bertz CT molecular complexity index is 1930. The molecule has 47 heavy (non-hydrogen) atoms. The van der Waals surface area contributed by atoms with Crippen LogP contribution in [0.25, 0.3) is 10.9 Å². The van der Waals surface area contributed by atoms with Gasteiger partial charge in [-0.2, -0.15) is 0 Å². The summed E-state index contributed by atoms with van der Waals surface area (Å²) >= 11 is 0. The fourth-order valence-corrected chi connectivity index (χ4v) is 7.82. The molecule has 0 spiro atoms. The van der Waals surface area contributed by atoms with E-state index in [-0.39, 0.29) is 33.8 Å². The van der Waals surface area contributed by atoms with Crippen molar-refractivity contribution in [2.24, 2.45) is 0 Å². The third-order valence-electron chi connectivity index (χ3n) is 8.94. The first-order chi connectivity index (χ1) is 22.7. The number of aromatic nitrogens is 1. The lowest BCUT2D eigenvalue weighted by Crippen LogP contribution is -2.36. The van der Waals surface area contributed by atoms with Crippen LogP contribution in [-0.2, 0) is 19.6 Å². The van der Waals surface area contributed by atoms with Crippen molar-refractivity contribution in [1.29, 1.82) is 0 Å². The molecule has 11 nitrogen and oxygen atoms in total. The summed E-state index contributed by atoms with van der Waals surface area (Å²) in [6.45, 7) is 2.75. The van der Waals surface area contributed by atoms with Gasteiger partial charge < -0.3 is 19.4 Å². The normalized spacial score (nSPS) is 15.8. The topological polar surface area (TPSA) is 147 Å². The Labute approximate surface area is 273 Å². The molecule has 1 saturated heterocycles. The first-order valence-corrected chi connectivity index (χ1v) is 17.3. The van der Waals surface area contributed by atoms with Crippen molar-refractivity contribution in [3.05, 3.63) is 89.1 Å². The highest BCUT2D eigenvalue weighted by Crippen LogP contribution is 2.40. The molecule has 3 N–H and O–H groups in total. The molecule has 6 rings (SSSR count). The average molecular weight is 659 g/mol. The van der Waals surface area contributed by atoms with Crippen LogP contribution in [0.5, 0.6) is 5.75 Å². The third kappa shape index (κ3) is 6.69. The lowest BCUT2D eigenvalue weighted by molar-refractivity contribution is -0.130. The molecule has 3 aromatic carbocycles. The molecule has 3 amide bonds. The van der Waals surface area contributed by atoms with Gasteiger partial charge in [0.2, 0.25) is 5.91 Å². The second kappa shape index (κ2) is 13.5. The number of likely N-dealkylation sites (tertiary alicyclic amines) is 1. The zero-order valence-corrected chi connectivity index (χ0v) is 27.2. The third-order valence-corrected chi connectivity index (χ3v) is 10.4. The second-order valence-electron chi connectivity index (χ2n) is 12.0. The number of nitrogens with one attached hydrogen (secondary N) is 3. The average Bonchev–Trinajstić information content (AvgIpc) is 3.84. The number of aromatic amines is 1. The molecule has 1 atom stereocenters. The smallest absolute Gasteiger partial charge is 0.411 e. The number of fused-ring (bicyclic) bond motifs is 1. The Hall–Kier alpha value is -4.84. The van der Waals surface area contributed by atoms with Crippen LogP contribution in [0.3, 0.4) is 0 Å². The van der Waals surface area contributed by atoms with Crippen molar-refractivity contribution in [2.45, 2.75) is 62.4 Å². The lowest BCUT2D eigenvalue weighted by atomic mass is 9.85. The molecule has 2 aliphatic rings. The van der Waals surface area contributed by atoms with Crippen LogP contribution in [0.4, 0.5) is 10.5 Å². The molecular formula is C35H38N4O7S. The number of hydrogen-bond donors (Lipinski definition) is 3. The summed E-state index contributed by atoms with van der Waals surface area (Å²) in [4.78, 5) is 46.0. The first-order valence-electron chi connectivity index (χ1n) is 15.8. The van der Waals surface area contributed by atoms with Crippen LogP contribution < -0.4 is 14.8 Å². The molecule has 1 aromatic heterocycles. The number of rotatable bonds is 9. The van der Waals surface area contributed by atoms with Crippen LogP contribution in [0.1, 0.15) is 71.5 Å². The summed E-state index contributed by atoms with van der Waals surface area (Å²) in [6.07, 6.45) is 6.50. The molecule has 1 unspecified atom stereocenters. The van der Waals surface area contributed by atoms with Gasteiger partial charge in [0.15, 0.2) is 0 Å². The Morgan fingerprint density at radius 1 is 0.957 bits per heavy atom. The minimum absolute atomic E-state index is 0.0113. The van der Waals surface area contributed by atoms with E-state index in [0.717, 1.165) is 38.5 Å².